The van der Waals surface area contributed by atoms with Gasteiger partial charge in [0.2, 0.25) is 0 Å². The minimum Gasteiger partial charge on any atom is -0.371 e. The number of halogens is 1. The Kier molecular flexibility index (Phi) is 3.74. The molecule has 0 amide bonds. The van der Waals surface area contributed by atoms with Crippen LogP contribution >= 0.6 is 0 Å². The molecular weight excluding hydrogens is 207 g/mol. The normalized spacial score (nSPS) is 21.1. The first kappa shape index (κ1) is 11.4. The summed E-state index contributed by atoms with van der Waals surface area (Å²) in [4.78, 5) is 6.95. The van der Waals surface area contributed by atoms with Gasteiger partial charge in [0.05, 0.1) is 6.61 Å². The zero-order valence-electron chi connectivity index (χ0n) is 9.23. The van der Waals surface area contributed by atoms with E-state index in [-0.39, 0.29) is 5.82 Å². The van der Waals surface area contributed by atoms with E-state index in [1.165, 1.54) is 12.1 Å². The Bertz CT molecular complexity index is 326. The van der Waals surface area contributed by atoms with E-state index >= 15 is 0 Å². The predicted octanol–water partition coefficient (Wildman–Crippen LogP) is 1.93. The lowest BCUT2D eigenvalue weighted by atomic mass is 9.98. The number of hydrogen-bond donors (Lipinski definition) is 1. The summed E-state index contributed by atoms with van der Waals surface area (Å²) in [5.41, 5.74) is 1.07. The number of nitrogens with two attached hydrogens (primary N) is 1. The summed E-state index contributed by atoms with van der Waals surface area (Å²) in [6, 6.07) is 6.64. The maximum atomic E-state index is 12.8. The number of piperidine rings is 1. The lowest BCUT2D eigenvalue weighted by Crippen LogP contribution is -2.37. The van der Waals surface area contributed by atoms with E-state index in [9.17, 15) is 4.39 Å². The molecule has 1 aliphatic rings. The van der Waals surface area contributed by atoms with Gasteiger partial charge >= 0.3 is 0 Å². The number of benzene rings is 1. The molecular formula is C12H17FN2O. The summed E-state index contributed by atoms with van der Waals surface area (Å²) in [6.07, 6.45) is 2.28. The van der Waals surface area contributed by atoms with Crippen LogP contribution in [0.15, 0.2) is 24.3 Å². The van der Waals surface area contributed by atoms with Crippen molar-refractivity contribution in [1.29, 1.82) is 0 Å². The zero-order valence-corrected chi connectivity index (χ0v) is 9.23. The molecule has 0 saturated carbocycles. The van der Waals surface area contributed by atoms with Crippen molar-refractivity contribution >= 4 is 5.69 Å². The molecule has 88 valence electrons. The molecule has 1 aliphatic heterocycles. The van der Waals surface area contributed by atoms with Crippen molar-refractivity contribution in [2.75, 3.05) is 24.6 Å². The van der Waals surface area contributed by atoms with Crippen molar-refractivity contribution in [2.45, 2.75) is 12.8 Å². The Morgan fingerprint density at radius 2 is 2.12 bits per heavy atom. The third-order valence-corrected chi connectivity index (χ3v) is 3.04. The molecule has 0 aliphatic carbocycles. The van der Waals surface area contributed by atoms with Gasteiger partial charge in [-0.05, 0) is 37.1 Å². The van der Waals surface area contributed by atoms with E-state index in [2.05, 4.69) is 4.90 Å². The second kappa shape index (κ2) is 5.27. The van der Waals surface area contributed by atoms with Crippen LogP contribution in [0.5, 0.6) is 0 Å². The molecule has 1 saturated heterocycles. The first-order chi connectivity index (χ1) is 7.79. The summed E-state index contributed by atoms with van der Waals surface area (Å²) >= 11 is 0. The number of anilines is 1. The molecule has 1 fully saturated rings. The third-order valence-electron chi connectivity index (χ3n) is 3.04. The van der Waals surface area contributed by atoms with Gasteiger partial charge in [0.1, 0.15) is 5.82 Å². The maximum absolute atomic E-state index is 12.8. The van der Waals surface area contributed by atoms with Crippen molar-refractivity contribution in [2.24, 2.45) is 11.8 Å². The van der Waals surface area contributed by atoms with Crippen LogP contribution in [0.1, 0.15) is 12.8 Å². The molecule has 1 aromatic rings. The van der Waals surface area contributed by atoms with Crippen LogP contribution in [0, 0.1) is 11.7 Å². The average Bonchev–Trinajstić information content (AvgIpc) is 2.31. The fraction of sp³-hybridized carbons (Fsp3) is 0.500. The fourth-order valence-electron chi connectivity index (χ4n) is 2.22. The van der Waals surface area contributed by atoms with Crippen LogP contribution < -0.4 is 10.8 Å². The second-order valence-electron chi connectivity index (χ2n) is 4.26. The monoisotopic (exact) mass is 224 g/mol. The number of hydrogen-bond acceptors (Lipinski definition) is 3. The molecule has 16 heavy (non-hydrogen) atoms. The van der Waals surface area contributed by atoms with Crippen molar-refractivity contribution < 1.29 is 9.23 Å². The molecule has 4 heteroatoms. The highest BCUT2D eigenvalue weighted by Gasteiger charge is 2.20. The lowest BCUT2D eigenvalue weighted by Gasteiger charge is -2.33. The van der Waals surface area contributed by atoms with E-state index in [0.717, 1.165) is 31.6 Å². The van der Waals surface area contributed by atoms with E-state index in [1.54, 1.807) is 0 Å². The van der Waals surface area contributed by atoms with Gasteiger partial charge in [0.25, 0.3) is 0 Å². The van der Waals surface area contributed by atoms with Crippen molar-refractivity contribution in [3.8, 4) is 0 Å². The Labute approximate surface area is 94.9 Å². The molecule has 1 aromatic carbocycles. The molecule has 0 bridgehead atoms. The first-order valence-electron chi connectivity index (χ1n) is 5.62. The van der Waals surface area contributed by atoms with Gasteiger partial charge in [0.15, 0.2) is 0 Å². The van der Waals surface area contributed by atoms with Crippen LogP contribution in [-0.2, 0) is 4.84 Å². The van der Waals surface area contributed by atoms with Gasteiger partial charge in [-0.2, -0.15) is 0 Å². The Balaban J connectivity index is 2.01. The molecule has 3 nitrogen and oxygen atoms in total. The Morgan fingerprint density at radius 1 is 1.38 bits per heavy atom. The predicted molar refractivity (Wildman–Crippen MR) is 61.5 cm³/mol. The topological polar surface area (TPSA) is 38.5 Å². The second-order valence-corrected chi connectivity index (χ2v) is 4.26. The first-order valence-corrected chi connectivity index (χ1v) is 5.62. The summed E-state index contributed by atoms with van der Waals surface area (Å²) in [7, 11) is 0. The quantitative estimate of drug-likeness (QED) is 0.797. The molecule has 0 radical (unpaired) electrons. The minimum absolute atomic E-state index is 0.192. The average molecular weight is 224 g/mol. The van der Waals surface area contributed by atoms with Gasteiger partial charge in [-0.3, -0.25) is 0 Å². The van der Waals surface area contributed by atoms with Crippen molar-refractivity contribution in [3.05, 3.63) is 30.1 Å². The Morgan fingerprint density at radius 3 is 2.81 bits per heavy atom. The summed E-state index contributed by atoms with van der Waals surface area (Å²) in [5.74, 6) is 5.38. The molecule has 2 rings (SSSR count). The molecule has 1 unspecified atom stereocenters. The molecule has 0 spiro atoms. The SMILES string of the molecule is NOCC1CCCN(c2ccc(F)cc2)C1. The van der Waals surface area contributed by atoms with Crippen LogP contribution in [-0.4, -0.2) is 19.7 Å². The number of nitrogens with zero attached hydrogens (tertiary/aromatic N) is 1. The highest BCUT2D eigenvalue weighted by Crippen LogP contribution is 2.23. The highest BCUT2D eigenvalue weighted by molar-refractivity contribution is 5.46. The maximum Gasteiger partial charge on any atom is 0.123 e. The summed E-state index contributed by atoms with van der Waals surface area (Å²) < 4.78 is 12.8. The van der Waals surface area contributed by atoms with Crippen LogP contribution in [0.2, 0.25) is 0 Å². The summed E-state index contributed by atoms with van der Waals surface area (Å²) in [5, 5.41) is 0. The van der Waals surface area contributed by atoms with Gasteiger partial charge in [-0.25, -0.2) is 10.3 Å². The van der Waals surface area contributed by atoms with E-state index in [0.29, 0.717) is 12.5 Å². The summed E-state index contributed by atoms with van der Waals surface area (Å²) in [6.45, 7) is 2.55. The largest absolute Gasteiger partial charge is 0.371 e. The van der Waals surface area contributed by atoms with Crippen LogP contribution in [0.25, 0.3) is 0 Å². The molecule has 1 atom stereocenters. The highest BCUT2D eigenvalue weighted by atomic mass is 19.1. The lowest BCUT2D eigenvalue weighted by molar-refractivity contribution is 0.0951. The zero-order chi connectivity index (χ0) is 11.4. The van der Waals surface area contributed by atoms with Gasteiger partial charge < -0.3 is 9.74 Å². The van der Waals surface area contributed by atoms with Crippen LogP contribution in [0.4, 0.5) is 10.1 Å². The molecule has 0 aromatic heterocycles. The van der Waals surface area contributed by atoms with Gasteiger partial charge in [0, 0.05) is 24.7 Å². The minimum atomic E-state index is -0.192. The van der Waals surface area contributed by atoms with Crippen molar-refractivity contribution in [1.82, 2.24) is 0 Å². The van der Waals surface area contributed by atoms with Crippen molar-refractivity contribution in [3.63, 3.8) is 0 Å². The molecule has 1 heterocycles. The van der Waals surface area contributed by atoms with Gasteiger partial charge in [-0.1, -0.05) is 0 Å². The Hall–Kier alpha value is -1.13. The fourth-order valence-corrected chi connectivity index (χ4v) is 2.22. The third kappa shape index (κ3) is 2.71. The van der Waals surface area contributed by atoms with E-state index < -0.39 is 0 Å². The standard InChI is InChI=1S/C12H17FN2O/c13-11-3-5-12(6-4-11)15-7-1-2-10(8-15)9-16-14/h3-6,10H,1-2,7-9,14H2. The van der Waals surface area contributed by atoms with E-state index in [4.69, 9.17) is 10.7 Å². The van der Waals surface area contributed by atoms with Crippen LogP contribution in [0.3, 0.4) is 0 Å². The smallest absolute Gasteiger partial charge is 0.123 e. The van der Waals surface area contributed by atoms with E-state index in [1.807, 2.05) is 12.1 Å². The van der Waals surface area contributed by atoms with Gasteiger partial charge in [-0.15, -0.1) is 0 Å². The molecule has 2 N–H and O–H groups in total. The number of rotatable bonds is 3.